The Hall–Kier alpha value is -1.06. The smallest absolute Gasteiger partial charge is 0.240 e. The van der Waals surface area contributed by atoms with Crippen LogP contribution in [0.4, 0.5) is 0 Å². The molecular formula is C19H29ClN2O. The quantitative estimate of drug-likeness (QED) is 0.862. The van der Waals surface area contributed by atoms with Crippen LogP contribution >= 0.6 is 12.4 Å². The molecule has 0 unspecified atom stereocenters. The Kier molecular flexibility index (Phi) is 5.42. The van der Waals surface area contributed by atoms with Gasteiger partial charge in [0, 0.05) is 12.0 Å². The van der Waals surface area contributed by atoms with Gasteiger partial charge in [-0.15, -0.1) is 12.4 Å². The molecule has 23 heavy (non-hydrogen) atoms. The van der Waals surface area contributed by atoms with Gasteiger partial charge < -0.3 is 11.1 Å². The number of hydrogen-bond acceptors (Lipinski definition) is 2. The summed E-state index contributed by atoms with van der Waals surface area (Å²) in [5, 5.41) is 3.14. The van der Waals surface area contributed by atoms with E-state index in [1.807, 2.05) is 0 Å². The highest BCUT2D eigenvalue weighted by atomic mass is 35.5. The molecule has 2 saturated carbocycles. The monoisotopic (exact) mass is 336 g/mol. The summed E-state index contributed by atoms with van der Waals surface area (Å²) in [6.45, 7) is 5.17. The molecule has 2 fully saturated rings. The van der Waals surface area contributed by atoms with Crippen molar-refractivity contribution < 1.29 is 4.79 Å². The number of rotatable bonds is 5. The first kappa shape index (κ1) is 18.3. The Bertz CT molecular complexity index is 543. The summed E-state index contributed by atoms with van der Waals surface area (Å²) in [5.74, 6) is 0.595. The summed E-state index contributed by atoms with van der Waals surface area (Å²) in [4.78, 5) is 12.2. The minimum Gasteiger partial charge on any atom is -0.354 e. The first-order valence-electron chi connectivity index (χ1n) is 8.63. The van der Waals surface area contributed by atoms with Crippen LogP contribution in [0.1, 0.15) is 69.4 Å². The van der Waals surface area contributed by atoms with Crippen LogP contribution in [0.2, 0.25) is 0 Å². The maximum atomic E-state index is 12.2. The third kappa shape index (κ3) is 3.72. The molecule has 0 aliphatic heterocycles. The highest BCUT2D eigenvalue weighted by Gasteiger charge is 2.47. The van der Waals surface area contributed by atoms with E-state index in [0.717, 1.165) is 32.2 Å². The van der Waals surface area contributed by atoms with E-state index in [-0.39, 0.29) is 23.7 Å². The number of carbonyl (C=O) groups excluding carboxylic acids is 1. The summed E-state index contributed by atoms with van der Waals surface area (Å²) in [6, 6.07) is 9.02. The highest BCUT2D eigenvalue weighted by molar-refractivity contribution is 5.89. The van der Waals surface area contributed by atoms with Gasteiger partial charge in [0.2, 0.25) is 5.91 Å². The largest absolute Gasteiger partial charge is 0.354 e. The fourth-order valence-electron chi connectivity index (χ4n) is 3.63. The van der Waals surface area contributed by atoms with Crippen molar-refractivity contribution in [3.05, 3.63) is 35.4 Å². The van der Waals surface area contributed by atoms with Crippen LogP contribution in [0, 0.1) is 0 Å². The number of amides is 1. The lowest BCUT2D eigenvalue weighted by molar-refractivity contribution is -0.123. The van der Waals surface area contributed by atoms with Crippen molar-refractivity contribution in [2.45, 2.75) is 69.2 Å². The van der Waals surface area contributed by atoms with E-state index >= 15 is 0 Å². The van der Waals surface area contributed by atoms with Crippen LogP contribution in [0.3, 0.4) is 0 Å². The van der Waals surface area contributed by atoms with Gasteiger partial charge in [0.25, 0.3) is 0 Å². The molecule has 0 aromatic heterocycles. The van der Waals surface area contributed by atoms with Gasteiger partial charge in [-0.25, -0.2) is 0 Å². The van der Waals surface area contributed by atoms with E-state index in [9.17, 15) is 4.79 Å². The Balaban J connectivity index is 0.00000192. The Morgan fingerprint density at radius 3 is 2.17 bits per heavy atom. The molecule has 0 radical (unpaired) electrons. The first-order chi connectivity index (χ1) is 10.5. The van der Waals surface area contributed by atoms with Crippen molar-refractivity contribution in [3.8, 4) is 0 Å². The Morgan fingerprint density at radius 2 is 1.70 bits per heavy atom. The molecule has 4 heteroatoms. The molecule has 0 bridgehead atoms. The van der Waals surface area contributed by atoms with Gasteiger partial charge in [-0.05, 0) is 42.7 Å². The zero-order valence-electron chi connectivity index (χ0n) is 14.2. The lowest BCUT2D eigenvalue weighted by Gasteiger charge is -2.31. The number of nitrogens with one attached hydrogen (secondary N) is 1. The number of benzene rings is 1. The molecule has 0 atom stereocenters. The molecule has 0 heterocycles. The van der Waals surface area contributed by atoms with E-state index in [1.54, 1.807) is 0 Å². The maximum Gasteiger partial charge on any atom is 0.240 e. The first-order valence-corrected chi connectivity index (χ1v) is 8.63. The molecular weight excluding hydrogens is 308 g/mol. The number of carbonyl (C=O) groups is 1. The molecule has 3 nitrogen and oxygen atoms in total. The van der Waals surface area contributed by atoms with Crippen molar-refractivity contribution in [3.63, 3.8) is 0 Å². The second-order valence-corrected chi connectivity index (χ2v) is 7.60. The number of nitrogens with two attached hydrogens (primary N) is 1. The number of halogens is 1. The predicted molar refractivity (Wildman–Crippen MR) is 97.1 cm³/mol. The van der Waals surface area contributed by atoms with Crippen LogP contribution in [0.15, 0.2) is 24.3 Å². The fourth-order valence-corrected chi connectivity index (χ4v) is 3.63. The molecule has 128 valence electrons. The van der Waals surface area contributed by atoms with Gasteiger partial charge in [-0.2, -0.15) is 0 Å². The topological polar surface area (TPSA) is 55.1 Å². The molecule has 3 rings (SSSR count). The summed E-state index contributed by atoms with van der Waals surface area (Å²) in [5.41, 5.74) is 8.28. The fraction of sp³-hybridized carbons (Fsp3) is 0.632. The van der Waals surface area contributed by atoms with Crippen LogP contribution in [-0.4, -0.2) is 18.0 Å². The lowest BCUT2D eigenvalue weighted by atomic mass is 9.78. The van der Waals surface area contributed by atoms with E-state index in [2.05, 4.69) is 43.4 Å². The molecule has 1 amide bonds. The third-order valence-electron chi connectivity index (χ3n) is 5.58. The van der Waals surface area contributed by atoms with Gasteiger partial charge in [-0.1, -0.05) is 51.0 Å². The van der Waals surface area contributed by atoms with Crippen LogP contribution < -0.4 is 11.1 Å². The normalized spacial score (nSPS) is 20.9. The van der Waals surface area contributed by atoms with Gasteiger partial charge in [-0.3, -0.25) is 4.79 Å². The van der Waals surface area contributed by atoms with Gasteiger partial charge >= 0.3 is 0 Å². The van der Waals surface area contributed by atoms with Crippen molar-refractivity contribution >= 4 is 18.3 Å². The van der Waals surface area contributed by atoms with Gasteiger partial charge in [0.1, 0.15) is 0 Å². The van der Waals surface area contributed by atoms with Crippen molar-refractivity contribution in [1.82, 2.24) is 5.32 Å². The second-order valence-electron chi connectivity index (χ2n) is 7.60. The van der Waals surface area contributed by atoms with Crippen molar-refractivity contribution in [2.75, 3.05) is 6.54 Å². The maximum absolute atomic E-state index is 12.2. The summed E-state index contributed by atoms with van der Waals surface area (Å²) >= 11 is 0. The standard InChI is InChI=1S/C19H28N2O.ClH/c1-14(2)15-5-7-16(8-6-15)18(9-3-4-10-18)13-21-17(22)19(20)11-12-19;/h5-8,14H,3-4,9-13,20H2,1-2H3,(H,21,22);1H. The summed E-state index contributed by atoms with van der Waals surface area (Å²) < 4.78 is 0. The lowest BCUT2D eigenvalue weighted by Crippen LogP contribution is -2.47. The zero-order valence-corrected chi connectivity index (χ0v) is 15.0. The minimum absolute atomic E-state index is 0. The minimum atomic E-state index is -0.568. The van der Waals surface area contributed by atoms with Crippen molar-refractivity contribution in [2.24, 2.45) is 5.73 Å². The zero-order chi connectivity index (χ0) is 15.8. The predicted octanol–water partition coefficient (Wildman–Crippen LogP) is 3.65. The summed E-state index contributed by atoms with van der Waals surface area (Å²) in [6.07, 6.45) is 6.47. The van der Waals surface area contributed by atoms with Gasteiger partial charge in [0.05, 0.1) is 5.54 Å². The van der Waals surface area contributed by atoms with Crippen LogP contribution in [-0.2, 0) is 10.2 Å². The number of hydrogen-bond donors (Lipinski definition) is 2. The average molecular weight is 337 g/mol. The highest BCUT2D eigenvalue weighted by Crippen LogP contribution is 2.41. The molecule has 1 aromatic carbocycles. The van der Waals surface area contributed by atoms with Gasteiger partial charge in [0.15, 0.2) is 0 Å². The van der Waals surface area contributed by atoms with Crippen LogP contribution in [0.5, 0.6) is 0 Å². The van der Waals surface area contributed by atoms with Crippen LogP contribution in [0.25, 0.3) is 0 Å². The van der Waals surface area contributed by atoms with E-state index < -0.39 is 5.54 Å². The molecule has 3 N–H and O–H groups in total. The molecule has 2 aliphatic carbocycles. The second kappa shape index (κ2) is 6.82. The van der Waals surface area contributed by atoms with E-state index in [4.69, 9.17) is 5.73 Å². The molecule has 1 aromatic rings. The van der Waals surface area contributed by atoms with E-state index in [0.29, 0.717) is 5.92 Å². The Labute approximate surface area is 145 Å². The third-order valence-corrected chi connectivity index (χ3v) is 5.58. The molecule has 0 saturated heterocycles. The van der Waals surface area contributed by atoms with Crippen molar-refractivity contribution in [1.29, 1.82) is 0 Å². The summed E-state index contributed by atoms with van der Waals surface area (Å²) in [7, 11) is 0. The molecule has 0 spiro atoms. The average Bonchev–Trinajstić information content (AvgIpc) is 3.10. The Morgan fingerprint density at radius 1 is 1.13 bits per heavy atom. The van der Waals surface area contributed by atoms with E-state index in [1.165, 1.54) is 24.0 Å². The molecule has 2 aliphatic rings. The SMILES string of the molecule is CC(C)c1ccc(C2(CNC(=O)C3(N)CC3)CCCC2)cc1.Cl.